The summed E-state index contributed by atoms with van der Waals surface area (Å²) in [7, 11) is 1.44. The van der Waals surface area contributed by atoms with Crippen LogP contribution in [0.2, 0.25) is 0 Å². The summed E-state index contributed by atoms with van der Waals surface area (Å²) >= 11 is 0. The average Bonchev–Trinajstić information content (AvgIpc) is 2.74. The number of rotatable bonds is 3. The quantitative estimate of drug-likeness (QED) is 0.633. The monoisotopic (exact) mass is 262 g/mol. The summed E-state index contributed by atoms with van der Waals surface area (Å²) < 4.78 is 6.14. The molecule has 2 aromatic rings. The van der Waals surface area contributed by atoms with Crippen LogP contribution < -0.4 is 4.74 Å². The van der Waals surface area contributed by atoms with Crippen molar-refractivity contribution >= 4 is 11.9 Å². The molecule has 0 atom stereocenters. The van der Waals surface area contributed by atoms with E-state index in [2.05, 4.69) is 5.10 Å². The normalized spacial score (nSPS) is 10.2. The van der Waals surface area contributed by atoms with Crippen molar-refractivity contribution in [3.63, 3.8) is 0 Å². The fourth-order valence-electron chi connectivity index (χ4n) is 1.51. The second-order valence-corrected chi connectivity index (χ2v) is 3.72. The highest BCUT2D eigenvalue weighted by Crippen LogP contribution is 2.18. The number of phenolic OH excluding ortho intramolecular Hbond substituents is 1. The molecule has 98 valence electrons. The van der Waals surface area contributed by atoms with Crippen molar-refractivity contribution in [2.24, 2.45) is 7.05 Å². The van der Waals surface area contributed by atoms with Gasteiger partial charge in [0.2, 0.25) is 0 Å². The van der Waals surface area contributed by atoms with Crippen LogP contribution >= 0.6 is 0 Å². The van der Waals surface area contributed by atoms with Gasteiger partial charge < -0.3 is 14.9 Å². The second kappa shape index (κ2) is 4.81. The van der Waals surface area contributed by atoms with E-state index in [1.807, 2.05) is 0 Å². The molecule has 1 heterocycles. The lowest BCUT2D eigenvalue weighted by Gasteiger charge is -2.05. The van der Waals surface area contributed by atoms with E-state index in [1.165, 1.54) is 31.3 Å². The Kier molecular flexibility index (Phi) is 3.19. The van der Waals surface area contributed by atoms with Gasteiger partial charge in [0.15, 0.2) is 5.69 Å². The molecule has 0 bridgehead atoms. The minimum absolute atomic E-state index is 0.0338. The number of carbonyl (C=O) groups is 2. The van der Waals surface area contributed by atoms with E-state index in [9.17, 15) is 9.59 Å². The summed E-state index contributed by atoms with van der Waals surface area (Å²) in [6.45, 7) is 0. The molecule has 19 heavy (non-hydrogen) atoms. The first-order valence-electron chi connectivity index (χ1n) is 5.25. The third kappa shape index (κ3) is 2.54. The van der Waals surface area contributed by atoms with Crippen LogP contribution in [0.15, 0.2) is 30.5 Å². The van der Waals surface area contributed by atoms with Crippen molar-refractivity contribution < 1.29 is 24.5 Å². The number of hydrogen-bond donors (Lipinski definition) is 2. The number of phenols is 1. The number of carbonyl (C=O) groups excluding carboxylic acids is 1. The lowest BCUT2D eigenvalue weighted by molar-refractivity contribution is 0.0663. The number of aromatic carboxylic acids is 1. The van der Waals surface area contributed by atoms with Gasteiger partial charge in [-0.15, -0.1) is 0 Å². The first kappa shape index (κ1) is 12.6. The van der Waals surface area contributed by atoms with Crippen molar-refractivity contribution in [2.75, 3.05) is 0 Å². The van der Waals surface area contributed by atoms with Crippen LogP contribution in [0, 0.1) is 0 Å². The molecule has 0 saturated carbocycles. The largest absolute Gasteiger partial charge is 0.508 e. The number of carboxylic acid groups (broad SMARTS) is 1. The second-order valence-electron chi connectivity index (χ2n) is 3.72. The predicted octanol–water partition coefficient (Wildman–Crippen LogP) is 1.04. The lowest BCUT2D eigenvalue weighted by atomic mass is 10.2. The highest BCUT2D eigenvalue weighted by Gasteiger charge is 2.23. The Balaban J connectivity index is 2.27. The zero-order valence-electron chi connectivity index (χ0n) is 9.90. The zero-order valence-corrected chi connectivity index (χ0v) is 9.90. The van der Waals surface area contributed by atoms with Crippen molar-refractivity contribution in [3.05, 3.63) is 41.7 Å². The number of carboxylic acids is 1. The molecule has 0 amide bonds. The Morgan fingerprint density at radius 2 is 1.89 bits per heavy atom. The number of aromatic nitrogens is 2. The molecular formula is C12H10N2O5. The van der Waals surface area contributed by atoms with Crippen LogP contribution in [0.1, 0.15) is 20.8 Å². The smallest absolute Gasteiger partial charge is 0.362 e. The molecule has 0 unspecified atom stereocenters. The van der Waals surface area contributed by atoms with E-state index in [0.717, 1.165) is 10.9 Å². The van der Waals surface area contributed by atoms with Gasteiger partial charge in [0.25, 0.3) is 0 Å². The number of hydrogen-bond acceptors (Lipinski definition) is 5. The lowest BCUT2D eigenvalue weighted by Crippen LogP contribution is -2.17. The summed E-state index contributed by atoms with van der Waals surface area (Å²) in [6, 6.07) is 5.49. The number of nitrogens with zero attached hydrogens (tertiary/aromatic N) is 2. The molecule has 0 aliphatic rings. The van der Waals surface area contributed by atoms with E-state index < -0.39 is 11.9 Å². The van der Waals surface area contributed by atoms with Crippen molar-refractivity contribution in [3.8, 4) is 11.5 Å². The maximum Gasteiger partial charge on any atom is 0.362 e. The number of aromatic hydroxyl groups is 1. The number of ether oxygens (including phenoxy) is 1. The van der Waals surface area contributed by atoms with Gasteiger partial charge in [-0.25, -0.2) is 9.59 Å². The highest BCUT2D eigenvalue weighted by molar-refractivity contribution is 6.01. The molecule has 7 nitrogen and oxygen atoms in total. The van der Waals surface area contributed by atoms with Gasteiger partial charge in [-0.1, -0.05) is 0 Å². The molecule has 0 spiro atoms. The number of aryl methyl sites for hydroxylation is 1. The van der Waals surface area contributed by atoms with Gasteiger partial charge in [-0.2, -0.15) is 5.10 Å². The van der Waals surface area contributed by atoms with Crippen molar-refractivity contribution in [1.29, 1.82) is 0 Å². The Labute approximate surface area is 107 Å². The fraction of sp³-hybridized carbons (Fsp3) is 0.0833. The van der Waals surface area contributed by atoms with Gasteiger partial charge in [0.05, 0.1) is 6.20 Å². The van der Waals surface area contributed by atoms with Crippen molar-refractivity contribution in [2.45, 2.75) is 0 Å². The molecule has 1 aromatic heterocycles. The minimum Gasteiger partial charge on any atom is -0.508 e. The summed E-state index contributed by atoms with van der Waals surface area (Å²) in [5.41, 5.74) is -0.383. The van der Waals surface area contributed by atoms with E-state index in [-0.39, 0.29) is 22.8 Å². The van der Waals surface area contributed by atoms with Gasteiger partial charge in [0, 0.05) is 7.05 Å². The molecule has 0 saturated heterocycles. The molecule has 2 N–H and O–H groups in total. The van der Waals surface area contributed by atoms with Crippen LogP contribution in [-0.2, 0) is 7.05 Å². The van der Waals surface area contributed by atoms with Gasteiger partial charge >= 0.3 is 11.9 Å². The zero-order chi connectivity index (χ0) is 14.0. The maximum atomic E-state index is 11.9. The Morgan fingerprint density at radius 3 is 2.47 bits per heavy atom. The molecule has 0 radical (unpaired) electrons. The molecule has 2 rings (SSSR count). The highest BCUT2D eigenvalue weighted by atomic mass is 16.5. The maximum absolute atomic E-state index is 11.9. The standard InChI is InChI=1S/C12H10N2O5/c1-14-10(9(6-13-14)11(16)17)12(18)19-8-4-2-7(15)3-5-8/h2-6,15H,1H3,(H,16,17). The van der Waals surface area contributed by atoms with E-state index >= 15 is 0 Å². The van der Waals surface area contributed by atoms with E-state index in [0.29, 0.717) is 0 Å². The Hall–Kier alpha value is -2.83. The predicted molar refractivity (Wildman–Crippen MR) is 63.2 cm³/mol. The Bertz CT molecular complexity index is 630. The summed E-state index contributed by atoms with van der Waals surface area (Å²) in [4.78, 5) is 22.8. The molecule has 0 fully saturated rings. The molecule has 0 aliphatic carbocycles. The third-order valence-electron chi connectivity index (χ3n) is 2.41. The van der Waals surface area contributed by atoms with Crippen LogP contribution in [-0.4, -0.2) is 31.9 Å². The van der Waals surface area contributed by atoms with Crippen LogP contribution in [0.3, 0.4) is 0 Å². The minimum atomic E-state index is -1.26. The van der Waals surface area contributed by atoms with Crippen LogP contribution in [0.5, 0.6) is 11.5 Å². The summed E-state index contributed by atoms with van der Waals surface area (Å²) in [6.07, 6.45) is 1.08. The topological polar surface area (TPSA) is 102 Å². The summed E-state index contributed by atoms with van der Waals surface area (Å²) in [5, 5.41) is 21.7. The van der Waals surface area contributed by atoms with E-state index in [4.69, 9.17) is 14.9 Å². The SMILES string of the molecule is Cn1ncc(C(=O)O)c1C(=O)Oc1ccc(O)cc1. The first-order valence-corrected chi connectivity index (χ1v) is 5.25. The molecular weight excluding hydrogens is 252 g/mol. The fourth-order valence-corrected chi connectivity index (χ4v) is 1.51. The van der Waals surface area contributed by atoms with E-state index in [1.54, 1.807) is 0 Å². The van der Waals surface area contributed by atoms with Gasteiger partial charge in [-0.3, -0.25) is 4.68 Å². The first-order chi connectivity index (χ1) is 8.99. The Morgan fingerprint density at radius 1 is 1.26 bits per heavy atom. The van der Waals surface area contributed by atoms with Crippen LogP contribution in [0.25, 0.3) is 0 Å². The number of benzene rings is 1. The molecule has 1 aromatic carbocycles. The van der Waals surface area contributed by atoms with Gasteiger partial charge in [0.1, 0.15) is 17.1 Å². The van der Waals surface area contributed by atoms with Gasteiger partial charge in [-0.05, 0) is 24.3 Å². The molecule has 0 aliphatic heterocycles. The average molecular weight is 262 g/mol. The summed E-state index contributed by atoms with van der Waals surface area (Å²) in [5.74, 6) is -1.86. The number of esters is 1. The van der Waals surface area contributed by atoms with Crippen LogP contribution in [0.4, 0.5) is 0 Å². The molecule has 7 heteroatoms. The van der Waals surface area contributed by atoms with Crippen molar-refractivity contribution in [1.82, 2.24) is 9.78 Å². The third-order valence-corrected chi connectivity index (χ3v) is 2.41.